The van der Waals surface area contributed by atoms with Crippen LogP contribution in [0.25, 0.3) is 5.82 Å². The molecule has 0 aliphatic carbocycles. The van der Waals surface area contributed by atoms with Gasteiger partial charge in [0.1, 0.15) is 0 Å². The van der Waals surface area contributed by atoms with E-state index < -0.39 is 0 Å². The Morgan fingerprint density at radius 3 is 3.00 bits per heavy atom. The Balaban J connectivity index is 1.88. The van der Waals surface area contributed by atoms with E-state index in [1.54, 1.807) is 17.1 Å². The summed E-state index contributed by atoms with van der Waals surface area (Å²) in [5, 5.41) is 7.85. The van der Waals surface area contributed by atoms with E-state index in [2.05, 4.69) is 28.4 Å². The molecule has 1 saturated heterocycles. The highest BCUT2D eigenvalue weighted by molar-refractivity contribution is 7.99. The zero-order valence-electron chi connectivity index (χ0n) is 10.3. The third-order valence-electron chi connectivity index (χ3n) is 3.21. The molecule has 3 rings (SSSR count). The quantitative estimate of drug-likeness (QED) is 0.920. The fraction of sp³-hybridized carbons (Fsp3) is 0.385. The Morgan fingerprint density at radius 2 is 2.28 bits per heavy atom. The van der Waals surface area contributed by atoms with Crippen LogP contribution in [0.1, 0.15) is 6.92 Å². The molecule has 0 radical (unpaired) electrons. The summed E-state index contributed by atoms with van der Waals surface area (Å²) >= 11 is 2.01. The van der Waals surface area contributed by atoms with E-state index in [-0.39, 0.29) is 0 Å². The number of pyridine rings is 1. The maximum absolute atomic E-state index is 4.42. The lowest BCUT2D eigenvalue weighted by molar-refractivity contribution is 0.598. The maximum atomic E-state index is 4.42. The maximum Gasteiger partial charge on any atom is 0.176 e. The first-order valence-corrected chi connectivity index (χ1v) is 7.29. The third kappa shape index (κ3) is 2.22. The van der Waals surface area contributed by atoms with Crippen molar-refractivity contribution in [1.29, 1.82) is 0 Å². The molecule has 0 bridgehead atoms. The van der Waals surface area contributed by atoms with E-state index in [1.807, 2.05) is 30.1 Å². The Kier molecular flexibility index (Phi) is 3.23. The van der Waals surface area contributed by atoms with Gasteiger partial charge < -0.3 is 5.32 Å². The summed E-state index contributed by atoms with van der Waals surface area (Å²) in [4.78, 5) is 4.42. The van der Waals surface area contributed by atoms with Crippen LogP contribution < -0.4 is 5.32 Å². The average Bonchev–Trinajstić information content (AvgIpc) is 3.03. The molecule has 2 unspecified atom stereocenters. The van der Waals surface area contributed by atoms with Gasteiger partial charge in [-0.2, -0.15) is 16.9 Å². The van der Waals surface area contributed by atoms with Crippen molar-refractivity contribution < 1.29 is 0 Å². The minimum Gasteiger partial charge on any atom is -0.378 e. The van der Waals surface area contributed by atoms with Gasteiger partial charge in [-0.25, -0.2) is 9.67 Å². The molecule has 18 heavy (non-hydrogen) atoms. The van der Waals surface area contributed by atoms with Crippen molar-refractivity contribution in [1.82, 2.24) is 14.8 Å². The van der Waals surface area contributed by atoms with Gasteiger partial charge in [-0.3, -0.25) is 0 Å². The summed E-state index contributed by atoms with van der Waals surface area (Å²) in [7, 11) is 0. The number of nitrogens with one attached hydrogen (secondary N) is 1. The van der Waals surface area contributed by atoms with Crippen molar-refractivity contribution in [3.05, 3.63) is 36.8 Å². The molecule has 1 N–H and O–H groups in total. The second-order valence-electron chi connectivity index (χ2n) is 4.59. The first-order chi connectivity index (χ1) is 8.84. The summed E-state index contributed by atoms with van der Waals surface area (Å²) in [5.41, 5.74) is 1.06. The molecule has 1 aliphatic rings. The Bertz CT molecular complexity index is 511. The van der Waals surface area contributed by atoms with Crippen LogP contribution in [0.3, 0.4) is 0 Å². The second kappa shape index (κ2) is 5.02. The molecule has 2 aromatic rings. The van der Waals surface area contributed by atoms with Gasteiger partial charge in [-0.1, -0.05) is 6.92 Å². The second-order valence-corrected chi connectivity index (χ2v) is 5.67. The molecule has 0 saturated carbocycles. The zero-order valence-corrected chi connectivity index (χ0v) is 11.1. The van der Waals surface area contributed by atoms with Crippen molar-refractivity contribution in [3.63, 3.8) is 0 Å². The van der Waals surface area contributed by atoms with Gasteiger partial charge in [0, 0.05) is 30.4 Å². The fourth-order valence-electron chi connectivity index (χ4n) is 2.13. The molecule has 1 aliphatic heterocycles. The number of anilines is 1. The fourth-order valence-corrected chi connectivity index (χ4v) is 3.54. The molecule has 0 spiro atoms. The van der Waals surface area contributed by atoms with Crippen molar-refractivity contribution in [2.24, 2.45) is 5.92 Å². The highest BCUT2D eigenvalue weighted by Gasteiger charge is 2.24. The number of thioether (sulfide) groups is 1. The first-order valence-electron chi connectivity index (χ1n) is 6.14. The van der Waals surface area contributed by atoms with E-state index in [4.69, 9.17) is 0 Å². The van der Waals surface area contributed by atoms with Crippen LogP contribution in [0.15, 0.2) is 36.8 Å². The van der Waals surface area contributed by atoms with Gasteiger partial charge in [0.2, 0.25) is 0 Å². The van der Waals surface area contributed by atoms with Gasteiger partial charge in [0.25, 0.3) is 0 Å². The standard InChI is InChI=1S/C13H16N4S/c1-10-8-18-9-12(10)16-11-4-2-5-14-13(11)17-7-3-6-15-17/h2-7,10,12,16H,8-9H2,1H3. The van der Waals surface area contributed by atoms with E-state index in [0.29, 0.717) is 12.0 Å². The topological polar surface area (TPSA) is 42.7 Å². The molecule has 0 aromatic carbocycles. The summed E-state index contributed by atoms with van der Waals surface area (Å²) in [6.07, 6.45) is 5.49. The van der Waals surface area contributed by atoms with Gasteiger partial charge in [-0.05, 0) is 29.9 Å². The normalized spacial score (nSPS) is 23.2. The number of hydrogen-bond donors (Lipinski definition) is 1. The molecule has 2 aromatic heterocycles. The summed E-state index contributed by atoms with van der Waals surface area (Å²) in [6, 6.07) is 6.46. The van der Waals surface area contributed by atoms with Crippen LogP contribution in [0.5, 0.6) is 0 Å². The van der Waals surface area contributed by atoms with Gasteiger partial charge in [0.05, 0.1) is 5.69 Å². The predicted molar refractivity (Wildman–Crippen MR) is 75.3 cm³/mol. The van der Waals surface area contributed by atoms with Crippen LogP contribution >= 0.6 is 11.8 Å². The molecular formula is C13H16N4S. The van der Waals surface area contributed by atoms with E-state index in [1.165, 1.54) is 5.75 Å². The van der Waals surface area contributed by atoms with Crippen LogP contribution in [0.4, 0.5) is 5.69 Å². The smallest absolute Gasteiger partial charge is 0.176 e. The average molecular weight is 260 g/mol. The monoisotopic (exact) mass is 260 g/mol. The largest absolute Gasteiger partial charge is 0.378 e. The van der Waals surface area contributed by atoms with Crippen LogP contribution in [-0.2, 0) is 0 Å². The Hall–Kier alpha value is -1.49. The van der Waals surface area contributed by atoms with Crippen molar-refractivity contribution in [3.8, 4) is 5.82 Å². The van der Waals surface area contributed by atoms with Crippen LogP contribution in [0, 0.1) is 5.92 Å². The molecule has 2 atom stereocenters. The van der Waals surface area contributed by atoms with E-state index in [0.717, 1.165) is 17.3 Å². The lowest BCUT2D eigenvalue weighted by Gasteiger charge is -2.19. The highest BCUT2D eigenvalue weighted by atomic mass is 32.2. The minimum atomic E-state index is 0.522. The summed E-state index contributed by atoms with van der Waals surface area (Å²) < 4.78 is 1.80. The Labute approximate surface area is 111 Å². The number of aromatic nitrogens is 3. The van der Waals surface area contributed by atoms with E-state index >= 15 is 0 Å². The van der Waals surface area contributed by atoms with E-state index in [9.17, 15) is 0 Å². The lowest BCUT2D eigenvalue weighted by atomic mass is 10.1. The van der Waals surface area contributed by atoms with Crippen molar-refractivity contribution >= 4 is 17.4 Å². The highest BCUT2D eigenvalue weighted by Crippen LogP contribution is 2.28. The molecule has 5 heteroatoms. The van der Waals surface area contributed by atoms with Crippen molar-refractivity contribution in [2.75, 3.05) is 16.8 Å². The van der Waals surface area contributed by atoms with Crippen LogP contribution in [-0.4, -0.2) is 32.3 Å². The zero-order chi connectivity index (χ0) is 12.4. The summed E-state index contributed by atoms with van der Waals surface area (Å²) in [6.45, 7) is 2.29. The van der Waals surface area contributed by atoms with Crippen LogP contribution in [0.2, 0.25) is 0 Å². The van der Waals surface area contributed by atoms with Gasteiger partial charge in [0.15, 0.2) is 5.82 Å². The van der Waals surface area contributed by atoms with Gasteiger partial charge >= 0.3 is 0 Å². The van der Waals surface area contributed by atoms with Crippen molar-refractivity contribution in [2.45, 2.75) is 13.0 Å². The SMILES string of the molecule is CC1CSCC1Nc1cccnc1-n1cccn1. The minimum absolute atomic E-state index is 0.522. The molecule has 94 valence electrons. The molecule has 0 amide bonds. The molecule has 1 fully saturated rings. The number of rotatable bonds is 3. The summed E-state index contributed by atoms with van der Waals surface area (Å²) in [5.74, 6) is 3.95. The first kappa shape index (κ1) is 11.6. The number of hydrogen-bond acceptors (Lipinski definition) is 4. The molecular weight excluding hydrogens is 244 g/mol. The number of nitrogens with zero attached hydrogens (tertiary/aromatic N) is 3. The third-order valence-corrected chi connectivity index (χ3v) is 4.57. The molecule has 4 nitrogen and oxygen atoms in total. The lowest BCUT2D eigenvalue weighted by Crippen LogP contribution is -2.26. The Morgan fingerprint density at radius 1 is 1.33 bits per heavy atom. The molecule has 3 heterocycles. The van der Waals surface area contributed by atoms with Gasteiger partial charge in [-0.15, -0.1) is 0 Å². The predicted octanol–water partition coefficient (Wildman–Crippen LogP) is 2.43.